The molecule has 0 radical (unpaired) electrons. The van der Waals surface area contributed by atoms with Gasteiger partial charge in [0.15, 0.2) is 17.9 Å². The molecule has 3 unspecified atom stereocenters. The van der Waals surface area contributed by atoms with Crippen molar-refractivity contribution in [1.82, 2.24) is 19.3 Å². The van der Waals surface area contributed by atoms with Crippen LogP contribution in [0.4, 0.5) is 14.6 Å². The SMILES string of the molecule is CC(C(=O)O)N(OC[C@H]1O[C@@H](n2ccc(NC(=O)C3CCCN3C)nc2=O)C(F)(F)[C@@H]1O)[P+](=O)Oc1ccccc1. The van der Waals surface area contributed by atoms with E-state index in [1.807, 2.05) is 4.90 Å². The molecule has 0 spiro atoms. The van der Waals surface area contributed by atoms with Gasteiger partial charge in [-0.2, -0.15) is 13.8 Å². The van der Waals surface area contributed by atoms with Gasteiger partial charge in [0.1, 0.15) is 18.5 Å². The summed E-state index contributed by atoms with van der Waals surface area (Å²) in [5.41, 5.74) is -1.18. The molecule has 2 fully saturated rings. The van der Waals surface area contributed by atoms with Crippen LogP contribution in [0.5, 0.6) is 5.75 Å². The minimum absolute atomic E-state index is 0.130. The molecule has 6 atom stereocenters. The summed E-state index contributed by atoms with van der Waals surface area (Å²) in [4.78, 5) is 47.8. The summed E-state index contributed by atoms with van der Waals surface area (Å²) in [7, 11) is -1.19. The number of nitrogens with zero attached hydrogens (tertiary/aromatic N) is 4. The molecule has 3 N–H and O–H groups in total. The maximum absolute atomic E-state index is 15.1. The minimum atomic E-state index is -4.01. The molecule has 222 valence electrons. The number of hydrogen-bond donors (Lipinski definition) is 3. The number of rotatable bonds is 11. The van der Waals surface area contributed by atoms with Crippen molar-refractivity contribution in [2.24, 2.45) is 0 Å². The van der Waals surface area contributed by atoms with Crippen LogP contribution in [0.2, 0.25) is 0 Å². The number of hydrogen-bond acceptors (Lipinski definition) is 10. The molecule has 17 heteroatoms. The Hall–Kier alpha value is -3.40. The monoisotopic (exact) mass is 600 g/mol. The van der Waals surface area contributed by atoms with Crippen molar-refractivity contribution in [3.05, 3.63) is 53.1 Å². The van der Waals surface area contributed by atoms with Crippen molar-refractivity contribution in [2.45, 2.75) is 56.2 Å². The molecule has 41 heavy (non-hydrogen) atoms. The number of aliphatic hydroxyl groups excluding tert-OH is 1. The summed E-state index contributed by atoms with van der Waals surface area (Å²) in [6.45, 7) is 0.997. The molecule has 0 saturated carbocycles. The van der Waals surface area contributed by atoms with Crippen molar-refractivity contribution in [1.29, 1.82) is 0 Å². The topological polar surface area (TPSA) is 173 Å². The second-order valence-electron chi connectivity index (χ2n) is 9.53. The highest BCUT2D eigenvalue weighted by Gasteiger charge is 2.60. The summed E-state index contributed by atoms with van der Waals surface area (Å²) in [5, 5.41) is 22.2. The fourth-order valence-corrected chi connectivity index (χ4v) is 5.30. The molecule has 0 bridgehead atoms. The number of carboxylic acid groups (broad SMARTS) is 1. The van der Waals surface area contributed by atoms with Crippen LogP contribution in [-0.4, -0.2) is 91.8 Å². The van der Waals surface area contributed by atoms with Gasteiger partial charge in [-0.1, -0.05) is 18.2 Å². The molecule has 4 rings (SSSR count). The number of para-hydroxylation sites is 1. The first kappa shape index (κ1) is 30.6. The first-order valence-electron chi connectivity index (χ1n) is 12.6. The number of aliphatic hydroxyl groups is 1. The van der Waals surface area contributed by atoms with Crippen LogP contribution < -0.4 is 15.5 Å². The number of amides is 1. The van der Waals surface area contributed by atoms with Crippen molar-refractivity contribution in [3.63, 3.8) is 0 Å². The second kappa shape index (κ2) is 12.6. The lowest BCUT2D eigenvalue weighted by atomic mass is 10.1. The van der Waals surface area contributed by atoms with Crippen LogP contribution in [-0.2, 0) is 23.7 Å². The number of aromatic nitrogens is 2. The third-order valence-electron chi connectivity index (χ3n) is 6.68. The summed E-state index contributed by atoms with van der Waals surface area (Å²) >= 11 is 0. The highest BCUT2D eigenvalue weighted by molar-refractivity contribution is 7.36. The second-order valence-corrected chi connectivity index (χ2v) is 10.6. The van der Waals surface area contributed by atoms with Crippen LogP contribution in [0, 0.1) is 0 Å². The molecule has 2 aliphatic rings. The van der Waals surface area contributed by atoms with E-state index in [-0.39, 0.29) is 17.5 Å². The van der Waals surface area contributed by atoms with E-state index in [1.54, 1.807) is 25.2 Å². The Morgan fingerprint density at radius 1 is 1.32 bits per heavy atom. The number of likely N-dealkylation sites (tertiary alicyclic amines) is 1. The fourth-order valence-electron chi connectivity index (χ4n) is 4.37. The summed E-state index contributed by atoms with van der Waals surface area (Å²) in [5.74, 6) is -5.86. The lowest BCUT2D eigenvalue weighted by molar-refractivity contribution is -0.177. The zero-order chi connectivity index (χ0) is 29.9. The van der Waals surface area contributed by atoms with Crippen LogP contribution >= 0.6 is 8.18 Å². The number of alkyl halides is 2. The Labute approximate surface area is 233 Å². The van der Waals surface area contributed by atoms with Gasteiger partial charge < -0.3 is 20.3 Å². The number of benzene rings is 1. The lowest BCUT2D eigenvalue weighted by Gasteiger charge is -2.21. The largest absolute Gasteiger partial charge is 0.693 e. The van der Waals surface area contributed by atoms with E-state index < -0.39 is 62.9 Å². The Morgan fingerprint density at radius 3 is 2.63 bits per heavy atom. The highest BCUT2D eigenvalue weighted by Crippen LogP contribution is 2.43. The zero-order valence-electron chi connectivity index (χ0n) is 22.0. The van der Waals surface area contributed by atoms with E-state index in [1.165, 1.54) is 12.1 Å². The first-order valence-corrected chi connectivity index (χ1v) is 13.7. The van der Waals surface area contributed by atoms with Gasteiger partial charge in [0.25, 0.3) is 0 Å². The van der Waals surface area contributed by atoms with Crippen molar-refractivity contribution in [3.8, 4) is 5.75 Å². The van der Waals surface area contributed by atoms with Gasteiger partial charge >= 0.3 is 25.8 Å². The number of aliphatic carboxylic acids is 1. The van der Waals surface area contributed by atoms with E-state index in [0.717, 1.165) is 32.2 Å². The van der Waals surface area contributed by atoms with Crippen molar-refractivity contribution in [2.75, 3.05) is 25.5 Å². The van der Waals surface area contributed by atoms with E-state index >= 15 is 8.78 Å². The molecule has 2 saturated heterocycles. The van der Waals surface area contributed by atoms with E-state index in [9.17, 15) is 29.2 Å². The number of nitrogens with one attached hydrogen (secondary N) is 1. The normalized spacial score (nSPS) is 25.2. The van der Waals surface area contributed by atoms with Crippen molar-refractivity contribution >= 4 is 25.9 Å². The number of carbonyl (C=O) groups excluding carboxylic acids is 1. The zero-order valence-corrected chi connectivity index (χ0v) is 22.9. The molecular formula is C24H29F2N5O9P+. The van der Waals surface area contributed by atoms with Gasteiger partial charge in [0.05, 0.1) is 10.9 Å². The van der Waals surface area contributed by atoms with Gasteiger partial charge in [-0.05, 0) is 51.6 Å². The standard InChI is InChI=1S/C24H28F2N5O9P/c1-14(21(34)35)31(41(37)40-15-7-4-3-5-8-15)38-13-17-19(32)24(25,26)22(39-17)30-12-10-18(28-23(30)36)27-20(33)16-9-6-11-29(16)2/h3-5,7-8,10,12,14,16-17,19,22,32H,6,9,11,13H2,1-2H3,(H-,27,28,33,34,35,36)/p+1/t14?,16?,17-,19-,22-/m1/s1. The van der Waals surface area contributed by atoms with Crippen LogP contribution in [0.25, 0.3) is 0 Å². The smallest absolute Gasteiger partial charge is 0.480 e. The van der Waals surface area contributed by atoms with Gasteiger partial charge in [0.2, 0.25) is 12.1 Å². The highest BCUT2D eigenvalue weighted by atomic mass is 31.1. The molecule has 0 aliphatic carbocycles. The van der Waals surface area contributed by atoms with E-state index in [0.29, 0.717) is 15.8 Å². The third kappa shape index (κ3) is 6.74. The summed E-state index contributed by atoms with van der Waals surface area (Å²) < 4.78 is 53.8. The molecular weight excluding hydrogens is 571 g/mol. The summed E-state index contributed by atoms with van der Waals surface area (Å²) in [6, 6.07) is 6.95. The Balaban J connectivity index is 1.45. The van der Waals surface area contributed by atoms with Gasteiger partial charge in [0, 0.05) is 10.8 Å². The molecule has 14 nitrogen and oxygen atoms in total. The van der Waals surface area contributed by atoms with Gasteiger partial charge in [-0.25, -0.2) is 9.32 Å². The Morgan fingerprint density at radius 2 is 2.02 bits per heavy atom. The number of hydroxylamine groups is 1. The first-order chi connectivity index (χ1) is 19.4. The summed E-state index contributed by atoms with van der Waals surface area (Å²) in [6.07, 6.45) is -4.18. The molecule has 1 amide bonds. The van der Waals surface area contributed by atoms with Crippen LogP contribution in [0.15, 0.2) is 47.4 Å². The number of carbonyl (C=O) groups is 2. The lowest BCUT2D eigenvalue weighted by Crippen LogP contribution is -2.43. The number of likely N-dealkylation sites (N-methyl/N-ethyl adjacent to an activating group) is 1. The number of ether oxygens (including phenoxy) is 1. The van der Waals surface area contributed by atoms with Gasteiger partial charge in [-0.15, -0.1) is 0 Å². The quantitative estimate of drug-likeness (QED) is 0.252. The predicted octanol–water partition coefficient (Wildman–Crippen LogP) is 1.61. The van der Waals surface area contributed by atoms with E-state index in [4.69, 9.17) is 14.1 Å². The van der Waals surface area contributed by atoms with Crippen molar-refractivity contribution < 1.29 is 47.2 Å². The Kier molecular flexibility index (Phi) is 9.41. The average Bonchev–Trinajstić information content (AvgIpc) is 3.45. The minimum Gasteiger partial charge on any atom is -0.480 e. The maximum Gasteiger partial charge on any atom is 0.693 e. The molecule has 3 heterocycles. The number of halogens is 2. The van der Waals surface area contributed by atoms with Gasteiger partial charge in [-0.3, -0.25) is 23.9 Å². The molecule has 1 aromatic carbocycles. The third-order valence-corrected chi connectivity index (χ3v) is 7.83. The Bertz CT molecular complexity index is 1330. The van der Waals surface area contributed by atoms with E-state index in [2.05, 4.69) is 10.3 Å². The number of carboxylic acids is 1. The molecule has 2 aromatic rings. The predicted molar refractivity (Wildman–Crippen MR) is 137 cm³/mol. The fraction of sp³-hybridized carbons (Fsp3) is 0.500. The number of anilines is 1. The maximum atomic E-state index is 15.1. The van der Waals surface area contributed by atoms with Crippen LogP contribution in [0.3, 0.4) is 0 Å². The molecule has 2 aliphatic heterocycles. The average molecular weight is 600 g/mol. The van der Waals surface area contributed by atoms with Crippen LogP contribution in [0.1, 0.15) is 26.0 Å². The molecule has 1 aromatic heterocycles.